The molecule has 1 amide bonds. The lowest BCUT2D eigenvalue weighted by atomic mass is 9.77. The molecule has 0 bridgehead atoms. The average molecular weight is 242 g/mol. The number of hydrogen-bond acceptors (Lipinski definition) is 3. The molecule has 0 spiro atoms. The van der Waals surface area contributed by atoms with E-state index in [1.807, 2.05) is 34.6 Å². The molecule has 0 aromatic carbocycles. The van der Waals surface area contributed by atoms with Crippen LogP contribution >= 0.6 is 0 Å². The van der Waals surface area contributed by atoms with Crippen molar-refractivity contribution < 1.29 is 9.53 Å². The van der Waals surface area contributed by atoms with Gasteiger partial charge in [-0.3, -0.25) is 0 Å². The second kappa shape index (κ2) is 4.84. The minimum absolute atomic E-state index is 0.117. The van der Waals surface area contributed by atoms with Crippen molar-refractivity contribution in [2.45, 2.75) is 71.1 Å². The van der Waals surface area contributed by atoms with Gasteiger partial charge in [-0.15, -0.1) is 0 Å². The standard InChI is InChI=1S/C13H26N2O2/c1-10(2)15(9-13(14)7-6-8-13)11(16)17-12(3,4)5/h10H,6-9,14H2,1-5H3. The maximum Gasteiger partial charge on any atom is 0.410 e. The zero-order chi connectivity index (χ0) is 13.3. The second-order valence-corrected chi connectivity index (χ2v) is 6.42. The summed E-state index contributed by atoms with van der Waals surface area (Å²) in [7, 11) is 0. The summed E-state index contributed by atoms with van der Waals surface area (Å²) in [6.45, 7) is 10.2. The van der Waals surface area contributed by atoms with Crippen molar-refractivity contribution in [3.63, 3.8) is 0 Å². The molecule has 17 heavy (non-hydrogen) atoms. The van der Waals surface area contributed by atoms with Crippen LogP contribution in [0.3, 0.4) is 0 Å². The third-order valence-electron chi connectivity index (χ3n) is 3.09. The van der Waals surface area contributed by atoms with E-state index in [4.69, 9.17) is 10.5 Å². The quantitative estimate of drug-likeness (QED) is 0.827. The van der Waals surface area contributed by atoms with E-state index < -0.39 is 5.60 Å². The van der Waals surface area contributed by atoms with Gasteiger partial charge in [0.1, 0.15) is 5.60 Å². The highest BCUT2D eigenvalue weighted by molar-refractivity contribution is 5.68. The Hall–Kier alpha value is -0.770. The molecule has 1 fully saturated rings. The van der Waals surface area contributed by atoms with Gasteiger partial charge in [0.25, 0.3) is 0 Å². The number of rotatable bonds is 3. The number of nitrogens with two attached hydrogens (primary N) is 1. The van der Waals surface area contributed by atoms with Crippen LogP contribution in [-0.4, -0.2) is 34.7 Å². The summed E-state index contributed by atoms with van der Waals surface area (Å²) in [4.78, 5) is 13.8. The highest BCUT2D eigenvalue weighted by Gasteiger charge is 2.37. The number of hydrogen-bond donors (Lipinski definition) is 1. The van der Waals surface area contributed by atoms with E-state index in [1.165, 1.54) is 0 Å². The predicted molar refractivity (Wildman–Crippen MR) is 68.8 cm³/mol. The van der Waals surface area contributed by atoms with Gasteiger partial charge in [0.05, 0.1) is 0 Å². The molecule has 1 saturated carbocycles. The molecule has 4 heteroatoms. The van der Waals surface area contributed by atoms with Crippen LogP contribution in [0.2, 0.25) is 0 Å². The third kappa shape index (κ3) is 4.19. The van der Waals surface area contributed by atoms with E-state index in [9.17, 15) is 4.79 Å². The first kappa shape index (κ1) is 14.3. The summed E-state index contributed by atoms with van der Waals surface area (Å²) in [5, 5.41) is 0. The number of carbonyl (C=O) groups is 1. The molecule has 0 radical (unpaired) electrons. The van der Waals surface area contributed by atoms with Crippen molar-refractivity contribution in [1.82, 2.24) is 4.90 Å². The Morgan fingerprint density at radius 2 is 1.94 bits per heavy atom. The van der Waals surface area contributed by atoms with Gasteiger partial charge >= 0.3 is 6.09 Å². The van der Waals surface area contributed by atoms with E-state index in [2.05, 4.69) is 0 Å². The molecule has 0 aromatic rings. The Balaban J connectivity index is 2.62. The van der Waals surface area contributed by atoms with Crippen LogP contribution in [0.4, 0.5) is 4.79 Å². The molecule has 0 aromatic heterocycles. The first-order valence-electron chi connectivity index (χ1n) is 6.41. The van der Waals surface area contributed by atoms with Gasteiger partial charge in [0.15, 0.2) is 0 Å². The Morgan fingerprint density at radius 3 is 2.24 bits per heavy atom. The lowest BCUT2D eigenvalue weighted by Crippen LogP contribution is -2.58. The molecule has 0 heterocycles. The Bertz CT molecular complexity index is 278. The monoisotopic (exact) mass is 242 g/mol. The molecule has 0 aliphatic heterocycles. The molecular formula is C13H26N2O2. The van der Waals surface area contributed by atoms with Crippen molar-refractivity contribution in [3.8, 4) is 0 Å². The molecule has 1 aliphatic rings. The van der Waals surface area contributed by atoms with Gasteiger partial charge in [-0.25, -0.2) is 4.79 Å². The van der Waals surface area contributed by atoms with Crippen LogP contribution in [0, 0.1) is 0 Å². The molecule has 0 saturated heterocycles. The molecule has 0 unspecified atom stereocenters. The fraction of sp³-hybridized carbons (Fsp3) is 0.923. The van der Waals surface area contributed by atoms with E-state index in [0.717, 1.165) is 19.3 Å². The van der Waals surface area contributed by atoms with E-state index >= 15 is 0 Å². The fourth-order valence-electron chi connectivity index (χ4n) is 1.91. The van der Waals surface area contributed by atoms with E-state index in [1.54, 1.807) is 4.90 Å². The van der Waals surface area contributed by atoms with Crippen LogP contribution in [0.25, 0.3) is 0 Å². The number of nitrogens with zero attached hydrogens (tertiary/aromatic N) is 1. The van der Waals surface area contributed by atoms with Gasteiger partial charge in [0, 0.05) is 18.1 Å². The molecule has 100 valence electrons. The summed E-state index contributed by atoms with van der Waals surface area (Å²) >= 11 is 0. The van der Waals surface area contributed by atoms with Crippen LogP contribution in [0.5, 0.6) is 0 Å². The SMILES string of the molecule is CC(C)N(CC1(N)CCC1)C(=O)OC(C)(C)C. The Kier molecular flexibility index (Phi) is 4.07. The lowest BCUT2D eigenvalue weighted by Gasteiger charge is -2.43. The molecule has 0 atom stereocenters. The van der Waals surface area contributed by atoms with Crippen molar-refractivity contribution in [2.24, 2.45) is 5.73 Å². The zero-order valence-corrected chi connectivity index (χ0v) is 11.7. The highest BCUT2D eigenvalue weighted by Crippen LogP contribution is 2.30. The summed E-state index contributed by atoms with van der Waals surface area (Å²) in [6.07, 6.45) is 2.90. The largest absolute Gasteiger partial charge is 0.444 e. The minimum atomic E-state index is -0.453. The van der Waals surface area contributed by atoms with Crippen LogP contribution in [0.15, 0.2) is 0 Å². The number of ether oxygens (including phenoxy) is 1. The number of carbonyl (C=O) groups excluding carboxylic acids is 1. The Labute approximate surface area is 104 Å². The molecular weight excluding hydrogens is 216 g/mol. The molecule has 4 nitrogen and oxygen atoms in total. The second-order valence-electron chi connectivity index (χ2n) is 6.42. The summed E-state index contributed by atoms with van der Waals surface area (Å²) in [5.74, 6) is 0. The number of amides is 1. The van der Waals surface area contributed by atoms with Gasteiger partial charge in [-0.2, -0.15) is 0 Å². The van der Waals surface area contributed by atoms with Gasteiger partial charge < -0.3 is 15.4 Å². The third-order valence-corrected chi connectivity index (χ3v) is 3.09. The average Bonchev–Trinajstić information content (AvgIpc) is 2.07. The lowest BCUT2D eigenvalue weighted by molar-refractivity contribution is 0.00943. The van der Waals surface area contributed by atoms with Crippen LogP contribution < -0.4 is 5.73 Å². The van der Waals surface area contributed by atoms with Crippen molar-refractivity contribution >= 4 is 6.09 Å². The van der Waals surface area contributed by atoms with Gasteiger partial charge in [-0.05, 0) is 53.9 Å². The normalized spacial score (nSPS) is 18.8. The molecule has 2 N–H and O–H groups in total. The smallest absolute Gasteiger partial charge is 0.410 e. The summed E-state index contributed by atoms with van der Waals surface area (Å²) in [6, 6.07) is 0.117. The van der Waals surface area contributed by atoms with Crippen LogP contribution in [0.1, 0.15) is 53.9 Å². The van der Waals surface area contributed by atoms with Crippen LogP contribution in [-0.2, 0) is 4.74 Å². The van der Waals surface area contributed by atoms with Gasteiger partial charge in [0.2, 0.25) is 0 Å². The predicted octanol–water partition coefficient (Wildman–Crippen LogP) is 2.51. The fourth-order valence-corrected chi connectivity index (χ4v) is 1.91. The van der Waals surface area contributed by atoms with Crippen molar-refractivity contribution in [2.75, 3.05) is 6.54 Å². The van der Waals surface area contributed by atoms with E-state index in [0.29, 0.717) is 6.54 Å². The maximum absolute atomic E-state index is 12.1. The zero-order valence-electron chi connectivity index (χ0n) is 11.7. The minimum Gasteiger partial charge on any atom is -0.444 e. The Morgan fingerprint density at radius 1 is 1.41 bits per heavy atom. The molecule has 1 rings (SSSR count). The van der Waals surface area contributed by atoms with Gasteiger partial charge in [-0.1, -0.05) is 0 Å². The summed E-state index contributed by atoms with van der Waals surface area (Å²) in [5.41, 5.74) is 5.55. The van der Waals surface area contributed by atoms with Crippen molar-refractivity contribution in [1.29, 1.82) is 0 Å². The topological polar surface area (TPSA) is 55.6 Å². The van der Waals surface area contributed by atoms with Crippen molar-refractivity contribution in [3.05, 3.63) is 0 Å². The highest BCUT2D eigenvalue weighted by atomic mass is 16.6. The first-order valence-corrected chi connectivity index (χ1v) is 6.41. The summed E-state index contributed by atoms with van der Waals surface area (Å²) < 4.78 is 5.41. The maximum atomic E-state index is 12.1. The molecule has 1 aliphatic carbocycles. The van der Waals surface area contributed by atoms with E-state index in [-0.39, 0.29) is 17.7 Å². The first-order chi connectivity index (χ1) is 7.63.